The number of aryl methyl sites for hydroxylation is 1. The first-order valence-electron chi connectivity index (χ1n) is 4.23. The highest BCUT2D eigenvalue weighted by molar-refractivity contribution is 5.99. The van der Waals surface area contributed by atoms with Gasteiger partial charge in [-0.2, -0.15) is 13.2 Å². The lowest BCUT2D eigenvalue weighted by Crippen LogP contribution is -2.14. The van der Waals surface area contributed by atoms with Crippen LogP contribution in [-0.4, -0.2) is 12.2 Å². The van der Waals surface area contributed by atoms with Gasteiger partial charge in [-0.15, -0.1) is 0 Å². The smallest absolute Gasteiger partial charge is 0.288 e. The maximum atomic E-state index is 12.3. The second kappa shape index (κ2) is 4.19. The summed E-state index contributed by atoms with van der Waals surface area (Å²) in [5.74, 6) is -1.59. The Morgan fingerprint density at radius 1 is 1.25 bits per heavy atom. The Hall–Kier alpha value is -1.46. The van der Waals surface area contributed by atoms with Gasteiger partial charge >= 0.3 is 12.6 Å². The van der Waals surface area contributed by atoms with Gasteiger partial charge in [-0.1, -0.05) is 6.07 Å². The van der Waals surface area contributed by atoms with Crippen molar-refractivity contribution in [2.24, 2.45) is 0 Å². The van der Waals surface area contributed by atoms with Gasteiger partial charge in [0.2, 0.25) is 5.78 Å². The first-order valence-corrected chi connectivity index (χ1v) is 4.23. The van der Waals surface area contributed by atoms with Gasteiger partial charge in [0.1, 0.15) is 0 Å². The van der Waals surface area contributed by atoms with E-state index in [1.165, 1.54) is 6.92 Å². The van der Waals surface area contributed by atoms with E-state index in [0.717, 1.165) is 12.1 Å². The predicted molar refractivity (Wildman–Crippen MR) is 46.5 cm³/mol. The number of rotatable bonds is 2. The number of hydrogen-bond donors (Lipinski definition) is 0. The van der Waals surface area contributed by atoms with E-state index in [-0.39, 0.29) is 5.56 Å². The van der Waals surface area contributed by atoms with Crippen LogP contribution >= 0.6 is 0 Å². The molecule has 0 radical (unpaired) electrons. The number of ketones is 1. The second-order valence-electron chi connectivity index (χ2n) is 3.19. The van der Waals surface area contributed by atoms with E-state index in [4.69, 9.17) is 0 Å². The Balaban J connectivity index is 3.25. The van der Waals surface area contributed by atoms with E-state index in [2.05, 4.69) is 0 Å². The number of benzene rings is 1. The summed E-state index contributed by atoms with van der Waals surface area (Å²) in [5.41, 5.74) is -1.61. The summed E-state index contributed by atoms with van der Waals surface area (Å²) in [4.78, 5) is 10.9. The summed E-state index contributed by atoms with van der Waals surface area (Å²) >= 11 is 0. The predicted octanol–water partition coefficient (Wildman–Crippen LogP) is 3.46. The lowest BCUT2D eigenvalue weighted by molar-refractivity contribution is -0.137. The Kier molecular flexibility index (Phi) is 3.30. The van der Waals surface area contributed by atoms with E-state index in [1.807, 2.05) is 0 Å². The third-order valence-electron chi connectivity index (χ3n) is 2.03. The van der Waals surface area contributed by atoms with Crippen LogP contribution in [0.1, 0.15) is 21.5 Å². The molecule has 0 aliphatic carbocycles. The standard InChI is InChI=1S/C10H7F5O/c1-5-2-3-6(10(13,14)15)4-7(5)8(16)9(11)12/h2-4,9H,1H3. The summed E-state index contributed by atoms with van der Waals surface area (Å²) < 4.78 is 61.0. The van der Waals surface area contributed by atoms with E-state index in [0.29, 0.717) is 6.07 Å². The van der Waals surface area contributed by atoms with Gasteiger partial charge in [-0.3, -0.25) is 4.79 Å². The fraction of sp³-hybridized carbons (Fsp3) is 0.300. The van der Waals surface area contributed by atoms with Crippen molar-refractivity contribution in [3.8, 4) is 0 Å². The van der Waals surface area contributed by atoms with Crippen LogP contribution < -0.4 is 0 Å². The zero-order chi connectivity index (χ0) is 12.5. The summed E-state index contributed by atoms with van der Waals surface area (Å²) in [6, 6.07) is 2.19. The van der Waals surface area contributed by atoms with Gasteiger partial charge < -0.3 is 0 Å². The van der Waals surface area contributed by atoms with Crippen LogP contribution in [-0.2, 0) is 6.18 Å². The van der Waals surface area contributed by atoms with Crippen LogP contribution in [0.5, 0.6) is 0 Å². The maximum Gasteiger partial charge on any atom is 0.416 e. The molecule has 1 nitrogen and oxygen atoms in total. The van der Waals surface area contributed by atoms with Crippen LogP contribution in [0.15, 0.2) is 18.2 Å². The highest BCUT2D eigenvalue weighted by atomic mass is 19.4. The summed E-state index contributed by atoms with van der Waals surface area (Å²) in [5, 5.41) is 0. The Labute approximate surface area is 87.9 Å². The number of alkyl halides is 5. The third-order valence-corrected chi connectivity index (χ3v) is 2.03. The van der Waals surface area contributed by atoms with Crippen LogP contribution in [0.25, 0.3) is 0 Å². The number of Topliss-reactive ketones (excluding diaryl/α,β-unsaturated/α-hetero) is 1. The maximum absolute atomic E-state index is 12.3. The Morgan fingerprint density at radius 3 is 2.25 bits per heavy atom. The number of carbonyl (C=O) groups is 1. The summed E-state index contributed by atoms with van der Waals surface area (Å²) in [7, 11) is 0. The Bertz CT molecular complexity index is 408. The molecule has 0 heterocycles. The van der Waals surface area contributed by atoms with Gasteiger partial charge in [-0.25, -0.2) is 8.78 Å². The molecular formula is C10H7F5O. The second-order valence-corrected chi connectivity index (χ2v) is 3.19. The number of hydrogen-bond acceptors (Lipinski definition) is 1. The highest BCUT2D eigenvalue weighted by Gasteiger charge is 2.32. The average molecular weight is 238 g/mol. The van der Waals surface area contributed by atoms with Crippen molar-refractivity contribution in [1.82, 2.24) is 0 Å². The topological polar surface area (TPSA) is 17.1 Å². The minimum Gasteiger partial charge on any atom is -0.288 e. The molecule has 0 aliphatic rings. The SMILES string of the molecule is Cc1ccc(C(F)(F)F)cc1C(=O)C(F)F. The molecule has 0 fully saturated rings. The first kappa shape index (κ1) is 12.6. The molecule has 1 aromatic rings. The molecule has 16 heavy (non-hydrogen) atoms. The van der Waals surface area contributed by atoms with Crippen molar-refractivity contribution in [3.05, 3.63) is 34.9 Å². The van der Waals surface area contributed by atoms with Crippen molar-refractivity contribution in [2.75, 3.05) is 0 Å². The molecule has 0 amide bonds. The van der Waals surface area contributed by atoms with Crippen molar-refractivity contribution in [2.45, 2.75) is 19.5 Å². The molecule has 0 spiro atoms. The average Bonchev–Trinajstić information content (AvgIpc) is 2.15. The van der Waals surface area contributed by atoms with Crippen LogP contribution in [0.3, 0.4) is 0 Å². The first-order chi connectivity index (χ1) is 7.23. The van der Waals surface area contributed by atoms with Crippen LogP contribution in [0, 0.1) is 6.92 Å². The van der Waals surface area contributed by atoms with Crippen molar-refractivity contribution in [3.63, 3.8) is 0 Å². The van der Waals surface area contributed by atoms with E-state index in [1.54, 1.807) is 0 Å². The fourth-order valence-electron chi connectivity index (χ4n) is 1.18. The number of halogens is 5. The minimum atomic E-state index is -4.65. The van der Waals surface area contributed by atoms with E-state index in [9.17, 15) is 26.7 Å². The van der Waals surface area contributed by atoms with Crippen molar-refractivity contribution in [1.29, 1.82) is 0 Å². The molecule has 1 rings (SSSR count). The van der Waals surface area contributed by atoms with Gasteiger partial charge in [0.25, 0.3) is 0 Å². The van der Waals surface area contributed by atoms with Crippen molar-refractivity contribution >= 4 is 5.78 Å². The third kappa shape index (κ3) is 2.56. The monoisotopic (exact) mass is 238 g/mol. The fourth-order valence-corrected chi connectivity index (χ4v) is 1.18. The lowest BCUT2D eigenvalue weighted by atomic mass is 10.0. The van der Waals surface area contributed by atoms with E-state index < -0.39 is 29.5 Å². The van der Waals surface area contributed by atoms with Crippen LogP contribution in [0.4, 0.5) is 22.0 Å². The summed E-state index contributed by atoms with van der Waals surface area (Å²) in [6.45, 7) is 1.30. The molecule has 0 saturated carbocycles. The van der Waals surface area contributed by atoms with Gasteiger partial charge in [-0.05, 0) is 24.6 Å². The molecule has 0 N–H and O–H groups in total. The minimum absolute atomic E-state index is 0.0956. The molecule has 0 saturated heterocycles. The van der Waals surface area contributed by atoms with Gasteiger partial charge in [0, 0.05) is 5.56 Å². The quantitative estimate of drug-likeness (QED) is 0.569. The lowest BCUT2D eigenvalue weighted by Gasteiger charge is -2.10. The van der Waals surface area contributed by atoms with Crippen LogP contribution in [0.2, 0.25) is 0 Å². The molecule has 0 aliphatic heterocycles. The zero-order valence-corrected chi connectivity index (χ0v) is 8.11. The molecule has 0 aromatic heterocycles. The van der Waals surface area contributed by atoms with Gasteiger partial charge in [0.15, 0.2) is 0 Å². The van der Waals surface area contributed by atoms with E-state index >= 15 is 0 Å². The highest BCUT2D eigenvalue weighted by Crippen LogP contribution is 2.30. The molecule has 6 heteroatoms. The molecule has 88 valence electrons. The molecular weight excluding hydrogens is 231 g/mol. The molecule has 1 aromatic carbocycles. The zero-order valence-electron chi connectivity index (χ0n) is 8.11. The normalized spacial score (nSPS) is 11.9. The molecule has 0 atom stereocenters. The summed E-state index contributed by atoms with van der Waals surface area (Å²) in [6.07, 6.45) is -7.95. The van der Waals surface area contributed by atoms with Gasteiger partial charge in [0.05, 0.1) is 5.56 Å². The van der Waals surface area contributed by atoms with Crippen molar-refractivity contribution < 1.29 is 26.7 Å². The largest absolute Gasteiger partial charge is 0.416 e. The Morgan fingerprint density at radius 2 is 1.81 bits per heavy atom. The number of carbonyl (C=O) groups excluding carboxylic acids is 1. The molecule has 0 bridgehead atoms. The molecule has 0 unspecified atom stereocenters.